The number of H-pyrrole nitrogens is 1. The molecule has 3 N–H and O–H groups in total. The van der Waals surface area contributed by atoms with Crippen LogP contribution < -0.4 is 5.73 Å². The number of fused-ring (bicyclic) bond motifs is 2. The van der Waals surface area contributed by atoms with E-state index in [-0.39, 0.29) is 5.60 Å². The number of likely N-dealkylation sites (tertiary alicyclic amines) is 1. The van der Waals surface area contributed by atoms with Gasteiger partial charge in [-0.15, -0.1) is 5.10 Å². The van der Waals surface area contributed by atoms with Crippen LogP contribution in [0.2, 0.25) is 0 Å². The average Bonchev–Trinajstić information content (AvgIpc) is 3.19. The van der Waals surface area contributed by atoms with Crippen LogP contribution in [-0.2, 0) is 16.8 Å². The Bertz CT molecular complexity index is 777. The normalized spacial score (nSPS) is 28.2. The highest BCUT2D eigenvalue weighted by atomic mass is 16.5. The molecule has 1 unspecified atom stereocenters. The quantitative estimate of drug-likeness (QED) is 0.808. The SMILES string of the molecule is COC1(c2cccc(C(N)=O)c2)[C@@H]2CCC[C@H]1CN(CCc1c[nH]nn1)C2. The van der Waals surface area contributed by atoms with Crippen LogP contribution in [0.5, 0.6) is 0 Å². The van der Waals surface area contributed by atoms with Crippen LogP contribution in [0.4, 0.5) is 0 Å². The molecule has 1 aromatic heterocycles. The van der Waals surface area contributed by atoms with Gasteiger partial charge in [-0.3, -0.25) is 9.89 Å². The number of hydrogen-bond acceptors (Lipinski definition) is 5. The van der Waals surface area contributed by atoms with Crippen molar-refractivity contribution in [3.05, 3.63) is 47.3 Å². The Labute approximate surface area is 159 Å². The van der Waals surface area contributed by atoms with E-state index in [4.69, 9.17) is 10.5 Å². The number of piperidine rings is 1. The zero-order chi connectivity index (χ0) is 18.9. The zero-order valence-corrected chi connectivity index (χ0v) is 15.7. The standard InChI is InChI=1S/C20H27N5O2/c1-27-20(15-5-2-4-14(10-15)19(21)26)16-6-3-7-17(20)13-25(12-16)9-8-18-11-22-24-23-18/h2,4-5,10-11,16-17H,3,6-9,12-13H2,1H3,(H2,21,26)(H,22,23,24)/t16-,17+,20?. The second-order valence-electron chi connectivity index (χ2n) is 7.74. The van der Waals surface area contributed by atoms with Crippen molar-refractivity contribution in [3.63, 3.8) is 0 Å². The van der Waals surface area contributed by atoms with Crippen molar-refractivity contribution < 1.29 is 9.53 Å². The molecule has 7 heteroatoms. The Balaban J connectivity index is 1.58. The molecule has 27 heavy (non-hydrogen) atoms. The van der Waals surface area contributed by atoms with Gasteiger partial charge in [0.05, 0.1) is 5.69 Å². The van der Waals surface area contributed by atoms with Crippen LogP contribution in [0.3, 0.4) is 0 Å². The van der Waals surface area contributed by atoms with Gasteiger partial charge in [0.15, 0.2) is 0 Å². The van der Waals surface area contributed by atoms with E-state index < -0.39 is 5.91 Å². The van der Waals surface area contributed by atoms with Gasteiger partial charge in [0, 0.05) is 56.8 Å². The molecule has 2 aliphatic rings. The number of rotatable bonds is 6. The smallest absolute Gasteiger partial charge is 0.248 e. The number of methoxy groups -OCH3 is 1. The molecule has 1 aromatic carbocycles. The minimum atomic E-state index is -0.390. The van der Waals surface area contributed by atoms with Gasteiger partial charge in [0.25, 0.3) is 0 Å². The molecule has 1 amide bonds. The number of nitrogens with zero attached hydrogens (tertiary/aromatic N) is 3. The number of ether oxygens (including phenoxy) is 1. The van der Waals surface area contributed by atoms with E-state index in [1.165, 1.54) is 6.42 Å². The fourth-order valence-corrected chi connectivity index (χ4v) is 5.17. The average molecular weight is 369 g/mol. The van der Waals surface area contributed by atoms with E-state index in [1.807, 2.05) is 25.4 Å². The Morgan fingerprint density at radius 2 is 2.15 bits per heavy atom. The van der Waals surface area contributed by atoms with Crippen molar-refractivity contribution in [1.29, 1.82) is 0 Å². The molecule has 4 rings (SSSR count). The third-order valence-electron chi connectivity index (χ3n) is 6.36. The number of amides is 1. The van der Waals surface area contributed by atoms with E-state index in [9.17, 15) is 4.79 Å². The van der Waals surface area contributed by atoms with Crippen LogP contribution in [-0.4, -0.2) is 53.0 Å². The molecule has 0 radical (unpaired) electrons. The Hall–Kier alpha value is -2.25. The van der Waals surface area contributed by atoms with Crippen molar-refractivity contribution >= 4 is 5.91 Å². The van der Waals surface area contributed by atoms with Gasteiger partial charge >= 0.3 is 0 Å². The van der Waals surface area contributed by atoms with Crippen molar-refractivity contribution in [1.82, 2.24) is 20.3 Å². The lowest BCUT2D eigenvalue weighted by Gasteiger charge is -2.55. The summed E-state index contributed by atoms with van der Waals surface area (Å²) >= 11 is 0. The van der Waals surface area contributed by atoms with E-state index >= 15 is 0 Å². The molecule has 3 atom stereocenters. The lowest BCUT2D eigenvalue weighted by Crippen LogP contribution is -2.59. The fraction of sp³-hybridized carbons (Fsp3) is 0.550. The highest BCUT2D eigenvalue weighted by molar-refractivity contribution is 5.92. The van der Waals surface area contributed by atoms with Gasteiger partial charge in [-0.1, -0.05) is 23.8 Å². The second-order valence-corrected chi connectivity index (χ2v) is 7.74. The molecule has 1 saturated heterocycles. The first-order valence-electron chi connectivity index (χ1n) is 9.66. The highest BCUT2D eigenvalue weighted by Gasteiger charge is 2.53. The molecule has 2 fully saturated rings. The van der Waals surface area contributed by atoms with Gasteiger partial charge in [-0.25, -0.2) is 0 Å². The van der Waals surface area contributed by atoms with E-state index in [0.29, 0.717) is 17.4 Å². The summed E-state index contributed by atoms with van der Waals surface area (Å²) in [5.74, 6) is 0.407. The minimum Gasteiger partial charge on any atom is -0.373 e. The second kappa shape index (κ2) is 7.40. The molecule has 0 spiro atoms. The first kappa shape index (κ1) is 18.1. The minimum absolute atomic E-state index is 0.339. The van der Waals surface area contributed by atoms with Crippen LogP contribution in [0.25, 0.3) is 0 Å². The molecule has 7 nitrogen and oxygen atoms in total. The number of hydrogen-bond donors (Lipinski definition) is 2. The number of aromatic nitrogens is 3. The highest BCUT2D eigenvalue weighted by Crippen LogP contribution is 2.51. The molecular weight excluding hydrogens is 342 g/mol. The summed E-state index contributed by atoms with van der Waals surface area (Å²) in [4.78, 5) is 14.2. The fourth-order valence-electron chi connectivity index (χ4n) is 5.17. The van der Waals surface area contributed by atoms with E-state index in [1.54, 1.807) is 6.07 Å². The largest absolute Gasteiger partial charge is 0.373 e. The molecular formula is C20H27N5O2. The predicted octanol–water partition coefficient (Wildman–Crippen LogP) is 1.72. The van der Waals surface area contributed by atoms with E-state index in [0.717, 1.165) is 50.2 Å². The first-order chi connectivity index (χ1) is 13.1. The zero-order valence-electron chi connectivity index (χ0n) is 15.7. The number of benzene rings is 1. The summed E-state index contributed by atoms with van der Waals surface area (Å²) in [5.41, 5.74) is 7.82. The number of nitrogens with one attached hydrogen (secondary N) is 1. The maximum absolute atomic E-state index is 11.7. The topological polar surface area (TPSA) is 97.1 Å². The third kappa shape index (κ3) is 3.26. The van der Waals surface area contributed by atoms with Crippen LogP contribution in [0, 0.1) is 11.8 Å². The van der Waals surface area contributed by atoms with Crippen molar-refractivity contribution in [2.75, 3.05) is 26.7 Å². The summed E-state index contributed by atoms with van der Waals surface area (Å²) in [6, 6.07) is 7.72. The Morgan fingerprint density at radius 3 is 2.78 bits per heavy atom. The van der Waals surface area contributed by atoms with Crippen LogP contribution >= 0.6 is 0 Å². The molecule has 1 aliphatic carbocycles. The van der Waals surface area contributed by atoms with E-state index in [2.05, 4.69) is 26.4 Å². The molecule has 2 bridgehead atoms. The summed E-state index contributed by atoms with van der Waals surface area (Å²) < 4.78 is 6.26. The van der Waals surface area contributed by atoms with Gasteiger partial charge in [-0.2, -0.15) is 0 Å². The lowest BCUT2D eigenvalue weighted by molar-refractivity contribution is -0.168. The number of aromatic amines is 1. The Morgan fingerprint density at radius 1 is 1.37 bits per heavy atom. The van der Waals surface area contributed by atoms with Crippen molar-refractivity contribution in [2.45, 2.75) is 31.3 Å². The van der Waals surface area contributed by atoms with Crippen molar-refractivity contribution in [3.8, 4) is 0 Å². The van der Waals surface area contributed by atoms with Gasteiger partial charge in [-0.05, 0) is 30.5 Å². The van der Waals surface area contributed by atoms with Crippen LogP contribution in [0.15, 0.2) is 30.5 Å². The maximum Gasteiger partial charge on any atom is 0.248 e. The predicted molar refractivity (Wildman–Crippen MR) is 101 cm³/mol. The van der Waals surface area contributed by atoms with Crippen LogP contribution in [0.1, 0.15) is 40.9 Å². The molecule has 1 saturated carbocycles. The summed E-state index contributed by atoms with van der Waals surface area (Å²) in [7, 11) is 1.81. The van der Waals surface area contributed by atoms with Gasteiger partial charge in [0.2, 0.25) is 5.91 Å². The Kier molecular flexibility index (Phi) is 4.97. The number of primary amides is 1. The monoisotopic (exact) mass is 369 g/mol. The summed E-state index contributed by atoms with van der Waals surface area (Å²) in [6.45, 7) is 2.95. The molecule has 2 heterocycles. The number of carbonyl (C=O) groups is 1. The molecule has 144 valence electrons. The van der Waals surface area contributed by atoms with Crippen molar-refractivity contribution in [2.24, 2.45) is 17.6 Å². The molecule has 2 aromatic rings. The summed E-state index contributed by atoms with van der Waals surface area (Å²) in [6.07, 6.45) is 6.25. The third-order valence-corrected chi connectivity index (χ3v) is 6.36. The maximum atomic E-state index is 11.7. The number of nitrogens with two attached hydrogens (primary N) is 1. The van der Waals surface area contributed by atoms with Gasteiger partial charge in [0.1, 0.15) is 5.60 Å². The molecule has 1 aliphatic heterocycles. The lowest BCUT2D eigenvalue weighted by atomic mass is 9.62. The number of carbonyl (C=O) groups excluding carboxylic acids is 1. The van der Waals surface area contributed by atoms with Gasteiger partial charge < -0.3 is 15.4 Å². The first-order valence-corrected chi connectivity index (χ1v) is 9.66. The summed E-state index contributed by atoms with van der Waals surface area (Å²) in [5, 5.41) is 10.7.